The molecule has 2 amide bonds. The first-order valence-corrected chi connectivity index (χ1v) is 8.53. The number of rotatable bonds is 6. The van der Waals surface area contributed by atoms with Crippen LogP contribution < -0.4 is 5.32 Å². The quantitative estimate of drug-likeness (QED) is 0.768. The zero-order chi connectivity index (χ0) is 16.3. The second-order valence-corrected chi connectivity index (χ2v) is 7.41. The Morgan fingerprint density at radius 3 is 2.18 bits per heavy atom. The van der Waals surface area contributed by atoms with Crippen LogP contribution in [0.3, 0.4) is 0 Å². The van der Waals surface area contributed by atoms with Gasteiger partial charge in [0.05, 0.1) is 13.2 Å². The van der Waals surface area contributed by atoms with Gasteiger partial charge in [-0.15, -0.1) is 0 Å². The van der Waals surface area contributed by atoms with E-state index in [0.717, 1.165) is 0 Å². The number of imide groups is 1. The van der Waals surface area contributed by atoms with Crippen molar-refractivity contribution in [2.45, 2.75) is 47.0 Å². The van der Waals surface area contributed by atoms with Crippen molar-refractivity contribution in [2.24, 2.45) is 29.6 Å². The van der Waals surface area contributed by atoms with Crippen molar-refractivity contribution in [3.8, 4) is 0 Å². The molecule has 1 N–H and O–H groups in total. The van der Waals surface area contributed by atoms with Gasteiger partial charge >= 0.3 is 0 Å². The van der Waals surface area contributed by atoms with Gasteiger partial charge in [-0.1, -0.05) is 34.1 Å². The minimum Gasteiger partial charge on any atom is -0.376 e. The summed E-state index contributed by atoms with van der Waals surface area (Å²) in [6.07, 6.45) is 5.21. The summed E-state index contributed by atoms with van der Waals surface area (Å²) in [7, 11) is 0. The summed E-state index contributed by atoms with van der Waals surface area (Å²) >= 11 is 0. The molecule has 1 aliphatic carbocycles. The van der Waals surface area contributed by atoms with E-state index < -0.39 is 0 Å². The number of ether oxygens (including phenoxy) is 1. The Balaban J connectivity index is 1.95. The minimum absolute atomic E-state index is 0.240. The Labute approximate surface area is 133 Å². The number of amides is 2. The van der Waals surface area contributed by atoms with Crippen LogP contribution in [0.5, 0.6) is 0 Å². The van der Waals surface area contributed by atoms with Gasteiger partial charge in [0, 0.05) is 11.6 Å². The van der Waals surface area contributed by atoms with Crippen molar-refractivity contribution in [1.29, 1.82) is 0 Å². The van der Waals surface area contributed by atoms with Crippen molar-refractivity contribution < 1.29 is 14.3 Å². The van der Waals surface area contributed by atoms with Crippen LogP contribution in [0.4, 0.5) is 0 Å². The first-order chi connectivity index (χ1) is 10.4. The molecule has 22 heavy (non-hydrogen) atoms. The lowest BCUT2D eigenvalue weighted by Gasteiger charge is -2.42. The van der Waals surface area contributed by atoms with Gasteiger partial charge in [-0.3, -0.25) is 14.9 Å². The number of hydrogen-bond acceptors (Lipinski definition) is 3. The van der Waals surface area contributed by atoms with Gasteiger partial charge in [0.25, 0.3) is 11.8 Å². The Morgan fingerprint density at radius 2 is 1.73 bits per heavy atom. The minimum atomic E-state index is -0.332. The molecule has 0 bridgehead atoms. The van der Waals surface area contributed by atoms with Crippen LogP contribution in [0.2, 0.25) is 0 Å². The average molecular weight is 307 g/mol. The van der Waals surface area contributed by atoms with Crippen LogP contribution in [-0.4, -0.2) is 25.0 Å². The van der Waals surface area contributed by atoms with Gasteiger partial charge in [0.15, 0.2) is 0 Å². The molecular weight excluding hydrogens is 278 g/mol. The molecule has 1 saturated carbocycles. The zero-order valence-corrected chi connectivity index (χ0v) is 14.2. The lowest BCUT2D eigenvalue weighted by Crippen LogP contribution is -2.37. The monoisotopic (exact) mass is 307 g/mol. The Hall–Kier alpha value is -1.16. The maximum Gasteiger partial charge on any atom is 0.256 e. The molecule has 0 spiro atoms. The third kappa shape index (κ3) is 3.97. The molecule has 1 heterocycles. The molecule has 0 aromatic rings. The summed E-state index contributed by atoms with van der Waals surface area (Å²) in [5.74, 6) is 2.60. The number of carbonyl (C=O) groups is 2. The molecule has 0 unspecified atom stereocenters. The van der Waals surface area contributed by atoms with Crippen LogP contribution in [0.25, 0.3) is 0 Å². The highest BCUT2D eigenvalue weighted by Gasteiger charge is 2.36. The maximum absolute atomic E-state index is 11.5. The zero-order valence-electron chi connectivity index (χ0n) is 14.2. The Kier molecular flexibility index (Phi) is 5.79. The topological polar surface area (TPSA) is 55.4 Å². The molecule has 1 fully saturated rings. The predicted octanol–water partition coefficient (Wildman–Crippen LogP) is 2.93. The fourth-order valence-corrected chi connectivity index (χ4v) is 4.10. The summed E-state index contributed by atoms with van der Waals surface area (Å²) in [6, 6.07) is 0. The molecule has 2 atom stereocenters. The average Bonchev–Trinajstić information content (AvgIpc) is 2.76. The second-order valence-electron chi connectivity index (χ2n) is 7.41. The van der Waals surface area contributed by atoms with E-state index in [1.54, 1.807) is 0 Å². The highest BCUT2D eigenvalue weighted by Crippen LogP contribution is 2.42. The summed E-state index contributed by atoms with van der Waals surface area (Å²) in [6.45, 7) is 10.1. The lowest BCUT2D eigenvalue weighted by atomic mass is 9.65. The van der Waals surface area contributed by atoms with Crippen molar-refractivity contribution in [3.05, 3.63) is 11.6 Å². The van der Waals surface area contributed by atoms with E-state index in [-0.39, 0.29) is 18.4 Å². The van der Waals surface area contributed by atoms with Crippen LogP contribution in [0.1, 0.15) is 47.0 Å². The van der Waals surface area contributed by atoms with E-state index >= 15 is 0 Å². The molecule has 0 aromatic heterocycles. The molecule has 0 saturated heterocycles. The largest absolute Gasteiger partial charge is 0.376 e. The van der Waals surface area contributed by atoms with Gasteiger partial charge in [-0.2, -0.15) is 0 Å². The summed E-state index contributed by atoms with van der Waals surface area (Å²) in [4.78, 5) is 22.7. The normalized spacial score (nSPS) is 29.2. The van der Waals surface area contributed by atoms with E-state index in [9.17, 15) is 9.59 Å². The molecule has 0 radical (unpaired) electrons. The van der Waals surface area contributed by atoms with Gasteiger partial charge in [0.2, 0.25) is 0 Å². The van der Waals surface area contributed by atoms with Crippen LogP contribution in [0, 0.1) is 29.6 Å². The predicted molar refractivity (Wildman–Crippen MR) is 86.0 cm³/mol. The van der Waals surface area contributed by atoms with Gasteiger partial charge in [0.1, 0.15) is 0 Å². The molecular formula is C18H29NO3. The molecule has 1 aliphatic heterocycles. The third-order valence-corrected chi connectivity index (χ3v) is 5.29. The second kappa shape index (κ2) is 7.40. The first kappa shape index (κ1) is 17.2. The van der Waals surface area contributed by atoms with E-state index in [2.05, 4.69) is 33.0 Å². The number of hydrogen-bond donors (Lipinski definition) is 1. The molecule has 124 valence electrons. The van der Waals surface area contributed by atoms with Crippen LogP contribution >= 0.6 is 0 Å². The molecule has 0 aromatic carbocycles. The lowest BCUT2D eigenvalue weighted by molar-refractivity contribution is -0.124. The molecule has 2 rings (SSSR count). The highest BCUT2D eigenvalue weighted by atomic mass is 16.5. The van der Waals surface area contributed by atoms with Crippen molar-refractivity contribution in [3.63, 3.8) is 0 Å². The van der Waals surface area contributed by atoms with Crippen molar-refractivity contribution in [2.75, 3.05) is 13.2 Å². The maximum atomic E-state index is 11.5. The summed E-state index contributed by atoms with van der Waals surface area (Å²) in [5.41, 5.74) is 0.447. The summed E-state index contributed by atoms with van der Waals surface area (Å²) in [5, 5.41) is 2.26. The molecule has 2 aliphatic rings. The SMILES string of the molecule is CC(C)[C@@H]1CCC[C@@H](C(C)C)C1COCC1=CC(=O)NC1=O. The van der Waals surface area contributed by atoms with E-state index in [1.165, 1.54) is 25.3 Å². The highest BCUT2D eigenvalue weighted by molar-refractivity contribution is 6.16. The van der Waals surface area contributed by atoms with E-state index in [0.29, 0.717) is 41.8 Å². The van der Waals surface area contributed by atoms with Gasteiger partial charge in [-0.05, 0) is 42.4 Å². The van der Waals surface area contributed by atoms with Gasteiger partial charge in [-0.25, -0.2) is 0 Å². The third-order valence-electron chi connectivity index (χ3n) is 5.29. The number of nitrogens with one attached hydrogen (secondary N) is 1. The Morgan fingerprint density at radius 1 is 1.14 bits per heavy atom. The fourth-order valence-electron chi connectivity index (χ4n) is 4.10. The first-order valence-electron chi connectivity index (χ1n) is 8.53. The Bertz CT molecular complexity index is 437. The number of carbonyl (C=O) groups excluding carboxylic acids is 2. The van der Waals surface area contributed by atoms with Gasteiger partial charge < -0.3 is 4.74 Å². The van der Waals surface area contributed by atoms with Crippen LogP contribution in [0.15, 0.2) is 11.6 Å². The van der Waals surface area contributed by atoms with E-state index in [4.69, 9.17) is 4.74 Å². The van der Waals surface area contributed by atoms with Crippen LogP contribution in [-0.2, 0) is 14.3 Å². The fraction of sp³-hybridized carbons (Fsp3) is 0.778. The van der Waals surface area contributed by atoms with Crippen molar-refractivity contribution >= 4 is 11.8 Å². The molecule has 4 heteroatoms. The van der Waals surface area contributed by atoms with Crippen molar-refractivity contribution in [1.82, 2.24) is 5.32 Å². The smallest absolute Gasteiger partial charge is 0.256 e. The standard InChI is InChI=1S/C18H29NO3/c1-11(2)14-6-5-7-15(12(3)4)16(14)10-22-9-13-8-17(20)19-18(13)21/h8,11-12,14-16H,5-7,9-10H2,1-4H3,(H,19,20,21)/t14-,15-/m0/s1. The molecule has 4 nitrogen and oxygen atoms in total. The summed E-state index contributed by atoms with van der Waals surface area (Å²) < 4.78 is 5.86. The van der Waals surface area contributed by atoms with E-state index in [1.807, 2.05) is 0 Å².